The van der Waals surface area contributed by atoms with Gasteiger partial charge < -0.3 is 20.2 Å². The molecule has 0 aromatic rings. The number of hydrogen-bond donors (Lipinski definition) is 2. The number of nitrogens with one attached hydrogen (secondary N) is 1. The van der Waals surface area contributed by atoms with Crippen LogP contribution in [-0.2, 0) is 0 Å². The molecular formula is C13H29N3O. The highest BCUT2D eigenvalue weighted by molar-refractivity contribution is 4.83. The molecule has 0 aliphatic carbocycles. The summed E-state index contributed by atoms with van der Waals surface area (Å²) in [6.45, 7) is 9.69. The maximum Gasteiger partial charge on any atom is 0.0680 e. The van der Waals surface area contributed by atoms with Crippen LogP contribution in [0, 0.1) is 5.92 Å². The lowest BCUT2D eigenvalue weighted by Crippen LogP contribution is -2.42. The van der Waals surface area contributed by atoms with E-state index in [9.17, 15) is 5.11 Å². The van der Waals surface area contributed by atoms with Crippen LogP contribution in [0.25, 0.3) is 0 Å². The van der Waals surface area contributed by atoms with Crippen LogP contribution in [0.1, 0.15) is 20.3 Å². The van der Waals surface area contributed by atoms with Crippen molar-refractivity contribution in [2.75, 3.05) is 46.8 Å². The van der Waals surface area contributed by atoms with Crippen LogP contribution >= 0.6 is 0 Å². The molecule has 2 N–H and O–H groups in total. The van der Waals surface area contributed by atoms with Crippen LogP contribution in [0.2, 0.25) is 0 Å². The summed E-state index contributed by atoms with van der Waals surface area (Å²) in [5, 5.41) is 12.9. The molecule has 4 heteroatoms. The second-order valence-corrected chi connectivity index (χ2v) is 5.95. The maximum absolute atomic E-state index is 9.52. The van der Waals surface area contributed by atoms with Crippen molar-refractivity contribution in [1.82, 2.24) is 15.1 Å². The third-order valence-corrected chi connectivity index (χ3v) is 3.16. The maximum atomic E-state index is 9.52. The molecule has 0 amide bonds. The monoisotopic (exact) mass is 243 g/mol. The fraction of sp³-hybridized carbons (Fsp3) is 1.00. The molecule has 4 nitrogen and oxygen atoms in total. The lowest BCUT2D eigenvalue weighted by atomic mass is 10.1. The molecule has 1 heterocycles. The number of aliphatic hydroxyl groups is 1. The van der Waals surface area contributed by atoms with Crippen molar-refractivity contribution in [2.45, 2.75) is 32.4 Å². The van der Waals surface area contributed by atoms with Gasteiger partial charge in [-0.3, -0.25) is 0 Å². The van der Waals surface area contributed by atoms with Crippen molar-refractivity contribution < 1.29 is 5.11 Å². The van der Waals surface area contributed by atoms with E-state index in [0.717, 1.165) is 39.1 Å². The summed E-state index contributed by atoms with van der Waals surface area (Å²) in [4.78, 5) is 4.74. The zero-order valence-corrected chi connectivity index (χ0v) is 11.8. The highest BCUT2D eigenvalue weighted by Gasteiger charge is 2.24. The fourth-order valence-corrected chi connectivity index (χ4v) is 2.36. The van der Waals surface area contributed by atoms with E-state index in [1.54, 1.807) is 0 Å². The Kier molecular flexibility index (Phi) is 6.41. The van der Waals surface area contributed by atoms with Gasteiger partial charge in [-0.1, -0.05) is 13.8 Å². The molecule has 0 aromatic carbocycles. The summed E-state index contributed by atoms with van der Waals surface area (Å²) in [6.07, 6.45) is 0.756. The molecule has 17 heavy (non-hydrogen) atoms. The minimum atomic E-state index is -0.144. The smallest absolute Gasteiger partial charge is 0.0680 e. The molecule has 1 saturated heterocycles. The van der Waals surface area contributed by atoms with Crippen LogP contribution < -0.4 is 5.32 Å². The van der Waals surface area contributed by atoms with Crippen LogP contribution in [0.4, 0.5) is 0 Å². The molecule has 1 fully saturated rings. The number of aliphatic hydroxyl groups excluding tert-OH is 1. The first kappa shape index (κ1) is 14.9. The van der Waals surface area contributed by atoms with E-state index in [4.69, 9.17) is 0 Å². The van der Waals surface area contributed by atoms with Crippen LogP contribution in [0.15, 0.2) is 0 Å². The van der Waals surface area contributed by atoms with Gasteiger partial charge in [0.25, 0.3) is 0 Å². The van der Waals surface area contributed by atoms with E-state index in [2.05, 4.69) is 43.1 Å². The molecule has 0 bridgehead atoms. The summed E-state index contributed by atoms with van der Waals surface area (Å²) in [5.74, 6) is 0.698. The van der Waals surface area contributed by atoms with E-state index in [0.29, 0.717) is 12.0 Å². The Morgan fingerprint density at radius 1 is 1.29 bits per heavy atom. The molecule has 0 saturated carbocycles. The van der Waals surface area contributed by atoms with Crippen molar-refractivity contribution in [3.05, 3.63) is 0 Å². The molecule has 1 rings (SSSR count). The summed E-state index contributed by atoms with van der Waals surface area (Å²) in [7, 11) is 4.23. The lowest BCUT2D eigenvalue weighted by Gasteiger charge is -2.28. The Balaban J connectivity index is 2.34. The molecule has 102 valence electrons. The Bertz CT molecular complexity index is 209. The van der Waals surface area contributed by atoms with E-state index in [1.165, 1.54) is 0 Å². The van der Waals surface area contributed by atoms with Crippen molar-refractivity contribution in [3.63, 3.8) is 0 Å². The summed E-state index contributed by atoms with van der Waals surface area (Å²) in [6, 6.07) is 0.464. The second-order valence-electron chi connectivity index (χ2n) is 5.95. The third kappa shape index (κ3) is 6.36. The van der Waals surface area contributed by atoms with Crippen LogP contribution in [0.5, 0.6) is 0 Å². The lowest BCUT2D eigenvalue weighted by molar-refractivity contribution is 0.178. The third-order valence-electron chi connectivity index (χ3n) is 3.16. The quantitative estimate of drug-likeness (QED) is 0.671. The Morgan fingerprint density at radius 2 is 2.00 bits per heavy atom. The van der Waals surface area contributed by atoms with E-state index in [-0.39, 0.29) is 6.10 Å². The standard InChI is InChI=1S/C13H29N3O/c1-11(2)9-16(6-5-15(3)4)10-12-7-13(17)8-14-12/h11-14,17H,5-10H2,1-4H3. The SMILES string of the molecule is CC(C)CN(CCN(C)C)CC1CC(O)CN1. The average Bonchev–Trinajstić information content (AvgIpc) is 2.59. The van der Waals surface area contributed by atoms with Gasteiger partial charge in [0, 0.05) is 38.8 Å². The second kappa shape index (κ2) is 7.31. The predicted octanol–water partition coefficient (Wildman–Crippen LogP) is 0.229. The first-order chi connectivity index (χ1) is 7.97. The van der Waals surface area contributed by atoms with Gasteiger partial charge in [-0.2, -0.15) is 0 Å². The van der Waals surface area contributed by atoms with Gasteiger partial charge in [0.2, 0.25) is 0 Å². The highest BCUT2D eigenvalue weighted by Crippen LogP contribution is 2.09. The predicted molar refractivity (Wildman–Crippen MR) is 72.2 cm³/mol. The summed E-state index contributed by atoms with van der Waals surface area (Å²) < 4.78 is 0. The van der Waals surface area contributed by atoms with Crippen LogP contribution in [-0.4, -0.2) is 73.9 Å². The molecule has 0 radical (unpaired) electrons. The number of hydrogen-bond acceptors (Lipinski definition) is 4. The first-order valence-corrected chi connectivity index (χ1v) is 6.76. The molecule has 0 spiro atoms. The number of β-amino-alcohol motifs (C(OH)–C–C–N with tert-alkyl or cyclic N) is 1. The van der Waals surface area contributed by atoms with Gasteiger partial charge >= 0.3 is 0 Å². The molecular weight excluding hydrogens is 214 g/mol. The van der Waals surface area contributed by atoms with Gasteiger partial charge in [-0.15, -0.1) is 0 Å². The van der Waals surface area contributed by atoms with Crippen molar-refractivity contribution >= 4 is 0 Å². The molecule has 2 unspecified atom stereocenters. The number of likely N-dealkylation sites (N-methyl/N-ethyl adjacent to an activating group) is 1. The normalized spacial score (nSPS) is 25.4. The van der Waals surface area contributed by atoms with Crippen molar-refractivity contribution in [2.24, 2.45) is 5.92 Å². The zero-order valence-electron chi connectivity index (χ0n) is 11.8. The van der Waals surface area contributed by atoms with Crippen LogP contribution in [0.3, 0.4) is 0 Å². The van der Waals surface area contributed by atoms with E-state index >= 15 is 0 Å². The molecule has 0 aromatic heterocycles. The Hall–Kier alpha value is -0.160. The first-order valence-electron chi connectivity index (χ1n) is 6.76. The summed E-state index contributed by atoms with van der Waals surface area (Å²) in [5.41, 5.74) is 0. The van der Waals surface area contributed by atoms with E-state index in [1.807, 2.05) is 0 Å². The molecule has 1 aliphatic heterocycles. The Labute approximate surface area is 106 Å². The van der Waals surface area contributed by atoms with E-state index < -0.39 is 0 Å². The number of rotatable bonds is 7. The van der Waals surface area contributed by atoms with Gasteiger partial charge in [0.1, 0.15) is 0 Å². The van der Waals surface area contributed by atoms with Gasteiger partial charge in [-0.25, -0.2) is 0 Å². The largest absolute Gasteiger partial charge is 0.392 e. The average molecular weight is 243 g/mol. The van der Waals surface area contributed by atoms with Gasteiger partial charge in [-0.05, 0) is 26.4 Å². The minimum Gasteiger partial charge on any atom is -0.392 e. The highest BCUT2D eigenvalue weighted by atomic mass is 16.3. The zero-order chi connectivity index (χ0) is 12.8. The number of nitrogens with zero attached hydrogens (tertiary/aromatic N) is 2. The van der Waals surface area contributed by atoms with Crippen molar-refractivity contribution in [3.8, 4) is 0 Å². The molecule has 1 aliphatic rings. The minimum absolute atomic E-state index is 0.144. The topological polar surface area (TPSA) is 38.7 Å². The van der Waals surface area contributed by atoms with Crippen molar-refractivity contribution in [1.29, 1.82) is 0 Å². The van der Waals surface area contributed by atoms with Gasteiger partial charge in [0.15, 0.2) is 0 Å². The molecule has 2 atom stereocenters. The fourth-order valence-electron chi connectivity index (χ4n) is 2.36. The van der Waals surface area contributed by atoms with Gasteiger partial charge in [0.05, 0.1) is 6.10 Å². The summed E-state index contributed by atoms with van der Waals surface area (Å²) >= 11 is 0. The Morgan fingerprint density at radius 3 is 2.47 bits per heavy atom.